The topological polar surface area (TPSA) is 12.0 Å². The highest BCUT2D eigenvalue weighted by Gasteiger charge is 2.15. The molecule has 0 fully saturated rings. The highest BCUT2D eigenvalue weighted by atomic mass is 79.9. The summed E-state index contributed by atoms with van der Waals surface area (Å²) in [5, 5.41) is 3.55. The molecule has 0 saturated carbocycles. The van der Waals surface area contributed by atoms with Crippen molar-refractivity contribution in [3.8, 4) is 0 Å². The molecule has 1 N–H and O–H groups in total. The number of rotatable bonds is 4. The third kappa shape index (κ3) is 3.68. The van der Waals surface area contributed by atoms with E-state index in [1.165, 1.54) is 16.7 Å². The fraction of sp³-hybridized carbons (Fsp3) is 0.250. The highest BCUT2D eigenvalue weighted by Crippen LogP contribution is 2.30. The van der Waals surface area contributed by atoms with Crippen LogP contribution in [0.3, 0.4) is 0 Å². The van der Waals surface area contributed by atoms with E-state index in [1.54, 1.807) is 0 Å². The first kappa shape index (κ1) is 14.8. The summed E-state index contributed by atoms with van der Waals surface area (Å²) >= 11 is 7.16. The van der Waals surface area contributed by atoms with E-state index in [1.807, 2.05) is 0 Å². The molecule has 2 aromatic rings. The first-order chi connectivity index (χ1) is 9.11. The molecule has 0 heterocycles. The molecule has 0 bridgehead atoms. The quantitative estimate of drug-likeness (QED) is 0.764. The van der Waals surface area contributed by atoms with E-state index in [0.29, 0.717) is 0 Å². The maximum absolute atomic E-state index is 3.68. The maximum Gasteiger partial charge on any atom is 0.0587 e. The Kier molecular flexibility index (Phi) is 5.20. The molecule has 1 unspecified atom stereocenters. The largest absolute Gasteiger partial charge is 0.306 e. The molecular weight excluding hydrogens is 366 g/mol. The van der Waals surface area contributed by atoms with Gasteiger partial charge in [0.05, 0.1) is 6.04 Å². The molecule has 1 nitrogen and oxygen atoms in total. The molecule has 0 saturated heterocycles. The van der Waals surface area contributed by atoms with E-state index in [2.05, 4.69) is 93.5 Å². The summed E-state index contributed by atoms with van der Waals surface area (Å²) < 4.78 is 2.26. The van der Waals surface area contributed by atoms with Gasteiger partial charge in [-0.15, -0.1) is 0 Å². The third-order valence-electron chi connectivity index (χ3n) is 3.08. The maximum atomic E-state index is 3.68. The predicted octanol–water partition coefficient (Wildman–Crippen LogP) is 5.22. The SMILES string of the molecule is CCNC(c1ccc(Br)cc1)c1ccc(C)cc1Br. The first-order valence-electron chi connectivity index (χ1n) is 6.36. The van der Waals surface area contributed by atoms with Crippen LogP contribution in [0.15, 0.2) is 51.4 Å². The van der Waals surface area contributed by atoms with Gasteiger partial charge in [-0.05, 0) is 48.4 Å². The van der Waals surface area contributed by atoms with Crippen molar-refractivity contribution >= 4 is 31.9 Å². The molecule has 0 spiro atoms. The van der Waals surface area contributed by atoms with E-state index in [4.69, 9.17) is 0 Å². The summed E-state index contributed by atoms with van der Waals surface area (Å²) in [5.41, 5.74) is 3.81. The van der Waals surface area contributed by atoms with Crippen molar-refractivity contribution in [1.82, 2.24) is 5.32 Å². The van der Waals surface area contributed by atoms with Crippen molar-refractivity contribution in [1.29, 1.82) is 0 Å². The zero-order valence-corrected chi connectivity index (χ0v) is 14.3. The third-order valence-corrected chi connectivity index (χ3v) is 4.29. The van der Waals surface area contributed by atoms with E-state index in [0.717, 1.165) is 15.5 Å². The van der Waals surface area contributed by atoms with E-state index in [9.17, 15) is 0 Å². The number of aryl methyl sites for hydroxylation is 1. The molecule has 2 aromatic carbocycles. The number of hydrogen-bond donors (Lipinski definition) is 1. The van der Waals surface area contributed by atoms with Crippen LogP contribution in [-0.2, 0) is 0 Å². The van der Waals surface area contributed by atoms with Crippen molar-refractivity contribution < 1.29 is 0 Å². The van der Waals surface area contributed by atoms with Gasteiger partial charge in [-0.2, -0.15) is 0 Å². The Balaban J connectivity index is 2.41. The van der Waals surface area contributed by atoms with Gasteiger partial charge in [0.2, 0.25) is 0 Å². The van der Waals surface area contributed by atoms with Crippen LogP contribution in [0, 0.1) is 6.92 Å². The highest BCUT2D eigenvalue weighted by molar-refractivity contribution is 9.10. The smallest absolute Gasteiger partial charge is 0.0587 e. The lowest BCUT2D eigenvalue weighted by atomic mass is 9.98. The summed E-state index contributed by atoms with van der Waals surface area (Å²) in [6.07, 6.45) is 0. The number of hydrogen-bond acceptors (Lipinski definition) is 1. The predicted molar refractivity (Wildman–Crippen MR) is 88.5 cm³/mol. The van der Waals surface area contributed by atoms with Crippen molar-refractivity contribution in [2.45, 2.75) is 19.9 Å². The second-order valence-corrected chi connectivity index (χ2v) is 6.34. The molecule has 2 rings (SSSR count). The lowest BCUT2D eigenvalue weighted by Gasteiger charge is -2.20. The molecule has 0 aliphatic carbocycles. The summed E-state index contributed by atoms with van der Waals surface area (Å²) in [6, 6.07) is 15.2. The molecule has 0 aromatic heterocycles. The van der Waals surface area contributed by atoms with Crippen molar-refractivity contribution in [2.24, 2.45) is 0 Å². The second-order valence-electron chi connectivity index (χ2n) is 4.57. The summed E-state index contributed by atoms with van der Waals surface area (Å²) in [7, 11) is 0. The fourth-order valence-electron chi connectivity index (χ4n) is 2.13. The van der Waals surface area contributed by atoms with Crippen LogP contribution in [0.25, 0.3) is 0 Å². The lowest BCUT2D eigenvalue weighted by molar-refractivity contribution is 0.628. The van der Waals surface area contributed by atoms with Crippen LogP contribution < -0.4 is 5.32 Å². The van der Waals surface area contributed by atoms with Crippen LogP contribution in [0.4, 0.5) is 0 Å². The van der Waals surface area contributed by atoms with Gasteiger partial charge in [-0.3, -0.25) is 0 Å². The monoisotopic (exact) mass is 381 g/mol. The zero-order valence-electron chi connectivity index (χ0n) is 11.1. The van der Waals surface area contributed by atoms with Crippen LogP contribution in [0.1, 0.15) is 29.7 Å². The first-order valence-corrected chi connectivity index (χ1v) is 7.95. The number of nitrogens with one attached hydrogen (secondary N) is 1. The standard InChI is InChI=1S/C16H17Br2N/c1-3-19-16(12-5-7-13(17)8-6-12)14-9-4-11(2)10-15(14)18/h4-10,16,19H,3H2,1-2H3. The molecule has 1 atom stereocenters. The summed E-state index contributed by atoms with van der Waals surface area (Å²) in [5.74, 6) is 0. The molecule has 3 heteroatoms. The Labute approximate surface area is 131 Å². The van der Waals surface area contributed by atoms with Crippen LogP contribution in [0.5, 0.6) is 0 Å². The molecule has 0 amide bonds. The lowest BCUT2D eigenvalue weighted by Crippen LogP contribution is -2.22. The molecule has 0 aliphatic heterocycles. The summed E-state index contributed by atoms with van der Waals surface area (Å²) in [6.45, 7) is 5.17. The average Bonchev–Trinajstić information content (AvgIpc) is 2.38. The van der Waals surface area contributed by atoms with Crippen LogP contribution in [-0.4, -0.2) is 6.54 Å². The zero-order chi connectivity index (χ0) is 13.8. The van der Waals surface area contributed by atoms with Crippen molar-refractivity contribution in [2.75, 3.05) is 6.54 Å². The minimum atomic E-state index is 0.216. The van der Waals surface area contributed by atoms with Gasteiger partial charge in [0.15, 0.2) is 0 Å². The minimum absolute atomic E-state index is 0.216. The van der Waals surface area contributed by atoms with Crippen LogP contribution >= 0.6 is 31.9 Å². The Morgan fingerprint density at radius 3 is 2.32 bits per heavy atom. The van der Waals surface area contributed by atoms with E-state index >= 15 is 0 Å². The van der Waals surface area contributed by atoms with Gasteiger partial charge in [-0.25, -0.2) is 0 Å². The van der Waals surface area contributed by atoms with Crippen molar-refractivity contribution in [3.05, 3.63) is 68.1 Å². The number of benzene rings is 2. The fourth-order valence-corrected chi connectivity index (χ4v) is 3.12. The Morgan fingerprint density at radius 2 is 1.74 bits per heavy atom. The van der Waals surface area contributed by atoms with Gasteiger partial charge >= 0.3 is 0 Å². The van der Waals surface area contributed by atoms with Crippen LogP contribution in [0.2, 0.25) is 0 Å². The van der Waals surface area contributed by atoms with Crippen molar-refractivity contribution in [3.63, 3.8) is 0 Å². The molecule has 100 valence electrons. The Morgan fingerprint density at radius 1 is 1.05 bits per heavy atom. The van der Waals surface area contributed by atoms with Gasteiger partial charge in [-0.1, -0.05) is 63.0 Å². The summed E-state index contributed by atoms with van der Waals surface area (Å²) in [4.78, 5) is 0. The normalized spacial score (nSPS) is 12.4. The van der Waals surface area contributed by atoms with Gasteiger partial charge in [0, 0.05) is 8.95 Å². The van der Waals surface area contributed by atoms with E-state index < -0.39 is 0 Å². The van der Waals surface area contributed by atoms with E-state index in [-0.39, 0.29) is 6.04 Å². The number of halogens is 2. The average molecular weight is 383 g/mol. The van der Waals surface area contributed by atoms with Gasteiger partial charge in [0.1, 0.15) is 0 Å². The Hall–Kier alpha value is -0.640. The molecule has 0 aliphatic rings. The molecular formula is C16H17Br2N. The van der Waals surface area contributed by atoms with Gasteiger partial charge < -0.3 is 5.32 Å². The Bertz CT molecular complexity index is 549. The van der Waals surface area contributed by atoms with Gasteiger partial charge in [0.25, 0.3) is 0 Å². The molecule has 0 radical (unpaired) electrons. The minimum Gasteiger partial charge on any atom is -0.306 e. The second kappa shape index (κ2) is 6.69. The molecule has 19 heavy (non-hydrogen) atoms.